The van der Waals surface area contributed by atoms with E-state index in [0.29, 0.717) is 12.0 Å². The molecule has 0 saturated carbocycles. The molecule has 1 atom stereocenters. The van der Waals surface area contributed by atoms with Gasteiger partial charge in [-0.05, 0) is 25.8 Å². The zero-order valence-electron chi connectivity index (χ0n) is 10.9. The van der Waals surface area contributed by atoms with Crippen molar-refractivity contribution >= 4 is 5.69 Å². The molecule has 0 bridgehead atoms. The van der Waals surface area contributed by atoms with Gasteiger partial charge in [0.05, 0.1) is 6.61 Å². The summed E-state index contributed by atoms with van der Waals surface area (Å²) in [6, 6.07) is 2.47. The molecule has 1 rings (SSSR count). The first kappa shape index (κ1) is 13.0. The van der Waals surface area contributed by atoms with E-state index in [0.717, 1.165) is 16.9 Å². The minimum atomic E-state index is 0.0395. The van der Waals surface area contributed by atoms with Crippen molar-refractivity contribution in [2.75, 3.05) is 11.9 Å². The number of anilines is 1. The predicted octanol–water partition coefficient (Wildman–Crippen LogP) is 2.36. The number of pyridine rings is 1. The number of aliphatic hydroxyl groups is 1. The maximum Gasteiger partial charge on any atom is 0.0717 e. The van der Waals surface area contributed by atoms with E-state index in [1.54, 1.807) is 6.20 Å². The fourth-order valence-corrected chi connectivity index (χ4v) is 1.69. The second-order valence-electron chi connectivity index (χ2n) is 4.71. The maximum atomic E-state index is 9.31. The zero-order valence-corrected chi connectivity index (χ0v) is 10.9. The Morgan fingerprint density at radius 3 is 2.50 bits per heavy atom. The highest BCUT2D eigenvalue weighted by Crippen LogP contribution is 2.23. The Morgan fingerprint density at radius 2 is 2.00 bits per heavy atom. The van der Waals surface area contributed by atoms with Gasteiger partial charge in [0, 0.05) is 36.2 Å². The zero-order chi connectivity index (χ0) is 12.3. The summed E-state index contributed by atoms with van der Waals surface area (Å²) in [6.45, 7) is 8.61. The first-order valence-corrected chi connectivity index (χ1v) is 5.76. The molecule has 1 aromatic rings. The summed E-state index contributed by atoms with van der Waals surface area (Å²) in [5, 5.41) is 9.31. The van der Waals surface area contributed by atoms with Crippen LogP contribution in [0.4, 0.5) is 5.69 Å². The van der Waals surface area contributed by atoms with Crippen LogP contribution in [0.3, 0.4) is 0 Å². The highest BCUT2D eigenvalue weighted by atomic mass is 16.3. The second kappa shape index (κ2) is 5.30. The molecule has 1 aromatic heterocycles. The third-order valence-corrected chi connectivity index (χ3v) is 3.22. The molecule has 0 aliphatic heterocycles. The molecule has 90 valence electrons. The monoisotopic (exact) mass is 222 g/mol. The maximum absolute atomic E-state index is 9.31. The molecule has 0 amide bonds. The topological polar surface area (TPSA) is 36.4 Å². The van der Waals surface area contributed by atoms with Crippen molar-refractivity contribution in [1.82, 2.24) is 4.98 Å². The number of rotatable bonds is 4. The largest absolute Gasteiger partial charge is 0.392 e. The Labute approximate surface area is 98.1 Å². The SMILES string of the molecule is Cc1cc(N(C)C(C)C(C)C)c(CO)cn1. The smallest absolute Gasteiger partial charge is 0.0717 e. The Morgan fingerprint density at radius 1 is 1.38 bits per heavy atom. The summed E-state index contributed by atoms with van der Waals surface area (Å²) in [4.78, 5) is 6.42. The van der Waals surface area contributed by atoms with E-state index in [1.165, 1.54) is 0 Å². The average Bonchev–Trinajstić information content (AvgIpc) is 2.26. The van der Waals surface area contributed by atoms with Gasteiger partial charge in [-0.2, -0.15) is 0 Å². The summed E-state index contributed by atoms with van der Waals surface area (Å²) in [6.07, 6.45) is 1.76. The summed E-state index contributed by atoms with van der Waals surface area (Å²) < 4.78 is 0. The van der Waals surface area contributed by atoms with Crippen LogP contribution in [0.2, 0.25) is 0 Å². The van der Waals surface area contributed by atoms with Gasteiger partial charge < -0.3 is 10.0 Å². The Kier molecular flexibility index (Phi) is 4.30. The van der Waals surface area contributed by atoms with Gasteiger partial charge in [-0.3, -0.25) is 4.98 Å². The Balaban J connectivity index is 3.05. The van der Waals surface area contributed by atoms with Crippen LogP contribution in [0.15, 0.2) is 12.3 Å². The van der Waals surface area contributed by atoms with Crippen LogP contribution in [0.25, 0.3) is 0 Å². The molecule has 0 fully saturated rings. The molecule has 3 heteroatoms. The lowest BCUT2D eigenvalue weighted by molar-refractivity contribution is 0.281. The minimum Gasteiger partial charge on any atom is -0.392 e. The molecular weight excluding hydrogens is 200 g/mol. The molecule has 0 aliphatic rings. The van der Waals surface area contributed by atoms with E-state index in [4.69, 9.17) is 0 Å². The van der Waals surface area contributed by atoms with E-state index < -0.39 is 0 Å². The average molecular weight is 222 g/mol. The van der Waals surface area contributed by atoms with E-state index in [1.807, 2.05) is 13.0 Å². The molecular formula is C13H22N2O. The highest BCUT2D eigenvalue weighted by molar-refractivity contribution is 5.53. The van der Waals surface area contributed by atoms with Crippen molar-refractivity contribution in [2.24, 2.45) is 5.92 Å². The van der Waals surface area contributed by atoms with E-state index in [9.17, 15) is 5.11 Å². The second-order valence-corrected chi connectivity index (χ2v) is 4.71. The van der Waals surface area contributed by atoms with Crippen LogP contribution in [-0.2, 0) is 6.61 Å². The number of hydrogen-bond acceptors (Lipinski definition) is 3. The normalized spacial score (nSPS) is 12.9. The van der Waals surface area contributed by atoms with Gasteiger partial charge in [-0.25, -0.2) is 0 Å². The van der Waals surface area contributed by atoms with E-state index >= 15 is 0 Å². The molecule has 3 nitrogen and oxygen atoms in total. The van der Waals surface area contributed by atoms with Gasteiger partial charge in [0.2, 0.25) is 0 Å². The van der Waals surface area contributed by atoms with Gasteiger partial charge in [-0.1, -0.05) is 13.8 Å². The van der Waals surface area contributed by atoms with Crippen LogP contribution in [0.5, 0.6) is 0 Å². The molecule has 1 heterocycles. The van der Waals surface area contributed by atoms with Crippen LogP contribution in [0, 0.1) is 12.8 Å². The lowest BCUT2D eigenvalue weighted by Gasteiger charge is -2.31. The summed E-state index contributed by atoms with van der Waals surface area (Å²) in [5.41, 5.74) is 2.95. The first-order valence-electron chi connectivity index (χ1n) is 5.76. The minimum absolute atomic E-state index is 0.0395. The van der Waals surface area contributed by atoms with Gasteiger partial charge in [0.1, 0.15) is 0 Å². The summed E-state index contributed by atoms with van der Waals surface area (Å²) in [7, 11) is 2.07. The van der Waals surface area contributed by atoms with E-state index in [2.05, 4.69) is 37.7 Å². The standard InChI is InChI=1S/C13H22N2O/c1-9(2)11(4)15(5)13-6-10(3)14-7-12(13)8-16/h6-7,9,11,16H,8H2,1-5H3. The van der Waals surface area contributed by atoms with E-state index in [-0.39, 0.29) is 6.61 Å². The van der Waals surface area contributed by atoms with Crippen LogP contribution >= 0.6 is 0 Å². The molecule has 0 spiro atoms. The molecule has 1 unspecified atom stereocenters. The number of hydrogen-bond donors (Lipinski definition) is 1. The van der Waals surface area contributed by atoms with Crippen molar-refractivity contribution in [3.8, 4) is 0 Å². The number of aliphatic hydroxyl groups excluding tert-OH is 1. The van der Waals surface area contributed by atoms with Gasteiger partial charge >= 0.3 is 0 Å². The van der Waals surface area contributed by atoms with Gasteiger partial charge in [0.25, 0.3) is 0 Å². The molecule has 1 N–H and O–H groups in total. The highest BCUT2D eigenvalue weighted by Gasteiger charge is 2.16. The molecule has 0 saturated heterocycles. The molecule has 0 radical (unpaired) electrons. The fraction of sp³-hybridized carbons (Fsp3) is 0.615. The number of aryl methyl sites for hydroxylation is 1. The van der Waals surface area contributed by atoms with Gasteiger partial charge in [0.15, 0.2) is 0 Å². The summed E-state index contributed by atoms with van der Waals surface area (Å²) >= 11 is 0. The number of nitrogens with zero attached hydrogens (tertiary/aromatic N) is 2. The van der Waals surface area contributed by atoms with Crippen molar-refractivity contribution in [3.05, 3.63) is 23.5 Å². The van der Waals surface area contributed by atoms with Gasteiger partial charge in [-0.15, -0.1) is 0 Å². The fourth-order valence-electron chi connectivity index (χ4n) is 1.69. The summed E-state index contributed by atoms with van der Waals surface area (Å²) in [5.74, 6) is 0.574. The van der Waals surface area contributed by atoms with Crippen molar-refractivity contribution in [2.45, 2.75) is 40.3 Å². The van der Waals surface area contributed by atoms with Crippen LogP contribution in [-0.4, -0.2) is 23.2 Å². The molecule has 0 aromatic carbocycles. The lowest BCUT2D eigenvalue weighted by atomic mass is 10.0. The van der Waals surface area contributed by atoms with Crippen molar-refractivity contribution in [3.63, 3.8) is 0 Å². The Bertz CT molecular complexity index is 350. The van der Waals surface area contributed by atoms with Crippen molar-refractivity contribution < 1.29 is 5.11 Å². The van der Waals surface area contributed by atoms with Crippen LogP contribution < -0.4 is 4.90 Å². The third-order valence-electron chi connectivity index (χ3n) is 3.22. The first-order chi connectivity index (χ1) is 7.47. The van der Waals surface area contributed by atoms with Crippen LogP contribution in [0.1, 0.15) is 32.0 Å². The van der Waals surface area contributed by atoms with Crippen molar-refractivity contribution in [1.29, 1.82) is 0 Å². The molecule has 16 heavy (non-hydrogen) atoms. The third kappa shape index (κ3) is 2.73. The quantitative estimate of drug-likeness (QED) is 0.849. The molecule has 0 aliphatic carbocycles. The lowest BCUT2D eigenvalue weighted by Crippen LogP contribution is -2.34. The Hall–Kier alpha value is -1.09. The number of aromatic nitrogens is 1. The predicted molar refractivity (Wildman–Crippen MR) is 67.6 cm³/mol.